The van der Waals surface area contributed by atoms with Gasteiger partial charge >= 0.3 is 5.97 Å². The van der Waals surface area contributed by atoms with E-state index in [4.69, 9.17) is 16.3 Å². The maximum atomic E-state index is 12.3. The van der Waals surface area contributed by atoms with Gasteiger partial charge < -0.3 is 10.1 Å². The van der Waals surface area contributed by atoms with Gasteiger partial charge in [0.05, 0.1) is 32.6 Å². The molecule has 0 saturated heterocycles. The number of amides is 1. The number of carbonyl (C=O) groups excluding carboxylic acids is 2. The van der Waals surface area contributed by atoms with Crippen LogP contribution in [-0.4, -0.2) is 28.4 Å². The van der Waals surface area contributed by atoms with E-state index in [9.17, 15) is 19.7 Å². The molecule has 0 fully saturated rings. The Hall–Kier alpha value is -3.78. The number of hydrogen-bond acceptors (Lipinski definition) is 6. The molecule has 0 atom stereocenters. The average Bonchev–Trinajstić information content (AvgIpc) is 2.74. The Kier molecular flexibility index (Phi) is 6.38. The lowest BCUT2D eigenvalue weighted by atomic mass is 10.1. The van der Waals surface area contributed by atoms with Crippen LogP contribution in [0.15, 0.2) is 60.7 Å². The van der Waals surface area contributed by atoms with Crippen molar-refractivity contribution in [3.05, 3.63) is 87.1 Å². The van der Waals surface area contributed by atoms with Crippen molar-refractivity contribution >= 4 is 34.9 Å². The normalized spacial score (nSPS) is 10.3. The van der Waals surface area contributed by atoms with Crippen LogP contribution in [0.5, 0.6) is 0 Å². The number of ether oxygens (including phenoxy) is 1. The Bertz CT molecular complexity index is 1120. The van der Waals surface area contributed by atoms with Crippen molar-refractivity contribution in [3.8, 4) is 11.3 Å². The van der Waals surface area contributed by atoms with Crippen LogP contribution in [0.4, 0.5) is 11.4 Å². The Labute approximate surface area is 176 Å². The lowest BCUT2D eigenvalue weighted by Crippen LogP contribution is -2.21. The number of nitrogens with one attached hydrogen (secondary N) is 1. The van der Waals surface area contributed by atoms with Gasteiger partial charge in [0, 0.05) is 17.7 Å². The molecule has 2 aromatic carbocycles. The number of nitro groups is 1. The third-order valence-corrected chi connectivity index (χ3v) is 4.46. The first-order valence-electron chi connectivity index (χ1n) is 8.79. The summed E-state index contributed by atoms with van der Waals surface area (Å²) in [6, 6.07) is 16.4. The van der Waals surface area contributed by atoms with E-state index < -0.39 is 23.4 Å². The van der Waals surface area contributed by atoms with Gasteiger partial charge in [-0.3, -0.25) is 19.9 Å². The number of non-ortho nitro benzene ring substituents is 1. The van der Waals surface area contributed by atoms with Gasteiger partial charge in [0.2, 0.25) is 0 Å². The van der Waals surface area contributed by atoms with Crippen molar-refractivity contribution in [1.82, 2.24) is 4.98 Å². The molecule has 3 rings (SSSR count). The molecule has 30 heavy (non-hydrogen) atoms. The monoisotopic (exact) mass is 425 g/mol. The smallest absolute Gasteiger partial charge is 0.340 e. The second-order valence-corrected chi connectivity index (χ2v) is 6.65. The Balaban J connectivity index is 1.61. The van der Waals surface area contributed by atoms with Crippen LogP contribution >= 0.6 is 11.6 Å². The first kappa shape index (κ1) is 20.9. The van der Waals surface area contributed by atoms with Crippen molar-refractivity contribution in [3.63, 3.8) is 0 Å². The van der Waals surface area contributed by atoms with Crippen LogP contribution in [0.2, 0.25) is 5.02 Å². The number of aryl methyl sites for hydroxylation is 1. The van der Waals surface area contributed by atoms with Crippen molar-refractivity contribution < 1.29 is 19.2 Å². The largest absolute Gasteiger partial charge is 0.452 e. The van der Waals surface area contributed by atoms with Gasteiger partial charge in [-0.25, -0.2) is 4.79 Å². The van der Waals surface area contributed by atoms with Gasteiger partial charge in [-0.2, -0.15) is 0 Å². The van der Waals surface area contributed by atoms with Crippen molar-refractivity contribution in [2.45, 2.75) is 6.92 Å². The molecule has 1 aromatic heterocycles. The third kappa shape index (κ3) is 4.98. The number of hydrogen-bond donors (Lipinski definition) is 1. The third-order valence-electron chi connectivity index (χ3n) is 4.15. The molecule has 0 aliphatic heterocycles. The zero-order valence-corrected chi connectivity index (χ0v) is 16.6. The van der Waals surface area contributed by atoms with Crippen LogP contribution in [-0.2, 0) is 9.53 Å². The lowest BCUT2D eigenvalue weighted by molar-refractivity contribution is -0.384. The number of esters is 1. The predicted octanol–water partition coefficient (Wildman–Crippen LogP) is 4.41. The Morgan fingerprint density at radius 2 is 1.87 bits per heavy atom. The molecule has 0 aliphatic rings. The second kappa shape index (κ2) is 9.15. The Morgan fingerprint density at radius 1 is 1.13 bits per heavy atom. The minimum atomic E-state index is -0.690. The summed E-state index contributed by atoms with van der Waals surface area (Å²) in [7, 11) is 0. The molecule has 152 valence electrons. The van der Waals surface area contributed by atoms with Gasteiger partial charge in [0.1, 0.15) is 0 Å². The highest BCUT2D eigenvalue weighted by Gasteiger charge is 2.16. The summed E-state index contributed by atoms with van der Waals surface area (Å²) in [6.07, 6.45) is 0. The molecule has 1 N–H and O–H groups in total. The number of benzene rings is 2. The number of halogens is 1. The molecule has 0 saturated carbocycles. The van der Waals surface area contributed by atoms with Gasteiger partial charge in [-0.05, 0) is 25.1 Å². The van der Waals surface area contributed by atoms with Crippen LogP contribution in [0.1, 0.15) is 16.1 Å². The van der Waals surface area contributed by atoms with E-state index in [1.54, 1.807) is 19.1 Å². The number of aromatic nitrogens is 1. The standard InChI is InChI=1S/C21H16ClN3O5/c1-13-16(8-10-18(23-13)14-5-3-2-4-6-14)21(27)30-12-20(26)24-19-9-7-15(25(28)29)11-17(19)22/h2-11H,12H2,1H3,(H,24,26). The highest BCUT2D eigenvalue weighted by atomic mass is 35.5. The van der Waals surface area contributed by atoms with Crippen molar-refractivity contribution in [2.24, 2.45) is 0 Å². The molecule has 3 aromatic rings. The average molecular weight is 426 g/mol. The van der Waals surface area contributed by atoms with E-state index in [0.717, 1.165) is 17.3 Å². The summed E-state index contributed by atoms with van der Waals surface area (Å²) >= 11 is 5.93. The second-order valence-electron chi connectivity index (χ2n) is 6.24. The maximum Gasteiger partial charge on any atom is 0.340 e. The highest BCUT2D eigenvalue weighted by Crippen LogP contribution is 2.26. The number of carbonyl (C=O) groups is 2. The summed E-state index contributed by atoms with van der Waals surface area (Å²) in [5, 5.41) is 13.2. The summed E-state index contributed by atoms with van der Waals surface area (Å²) < 4.78 is 5.05. The highest BCUT2D eigenvalue weighted by molar-refractivity contribution is 6.34. The molecular weight excluding hydrogens is 410 g/mol. The summed E-state index contributed by atoms with van der Waals surface area (Å²) in [5.74, 6) is -1.32. The summed E-state index contributed by atoms with van der Waals surface area (Å²) in [6.45, 7) is 1.13. The van der Waals surface area contributed by atoms with E-state index in [1.807, 2.05) is 30.3 Å². The summed E-state index contributed by atoms with van der Waals surface area (Å²) in [5.41, 5.74) is 2.32. The SMILES string of the molecule is Cc1nc(-c2ccccc2)ccc1C(=O)OCC(=O)Nc1ccc([N+](=O)[O-])cc1Cl. The van der Waals surface area contributed by atoms with E-state index in [-0.39, 0.29) is 22.0 Å². The molecule has 0 bridgehead atoms. The topological polar surface area (TPSA) is 111 Å². The molecule has 0 aliphatic carbocycles. The van der Waals surface area contributed by atoms with Crippen LogP contribution in [0.25, 0.3) is 11.3 Å². The van der Waals surface area contributed by atoms with Crippen LogP contribution in [0.3, 0.4) is 0 Å². The van der Waals surface area contributed by atoms with Gasteiger partial charge in [-0.15, -0.1) is 0 Å². The van der Waals surface area contributed by atoms with Crippen molar-refractivity contribution in [2.75, 3.05) is 11.9 Å². The molecule has 0 spiro atoms. The quantitative estimate of drug-likeness (QED) is 0.355. The van der Waals surface area contributed by atoms with E-state index in [2.05, 4.69) is 10.3 Å². The van der Waals surface area contributed by atoms with Crippen LogP contribution < -0.4 is 5.32 Å². The molecule has 9 heteroatoms. The fourth-order valence-corrected chi connectivity index (χ4v) is 2.88. The molecular formula is C21H16ClN3O5. The zero-order chi connectivity index (χ0) is 21.7. The van der Waals surface area contributed by atoms with Gasteiger partial charge in [0.15, 0.2) is 6.61 Å². The minimum absolute atomic E-state index is 0.000390. The minimum Gasteiger partial charge on any atom is -0.452 e. The van der Waals surface area contributed by atoms with Crippen molar-refractivity contribution in [1.29, 1.82) is 0 Å². The number of pyridine rings is 1. The van der Waals surface area contributed by atoms with Crippen LogP contribution in [0, 0.1) is 17.0 Å². The predicted molar refractivity (Wildman–Crippen MR) is 111 cm³/mol. The molecule has 1 amide bonds. The number of nitro benzene ring substituents is 1. The molecule has 0 unspecified atom stereocenters. The molecule has 8 nitrogen and oxygen atoms in total. The fraction of sp³-hybridized carbons (Fsp3) is 0.0952. The van der Waals surface area contributed by atoms with E-state index in [0.29, 0.717) is 5.69 Å². The summed E-state index contributed by atoms with van der Waals surface area (Å²) in [4.78, 5) is 38.9. The molecule has 1 heterocycles. The lowest BCUT2D eigenvalue weighted by Gasteiger charge is -2.10. The van der Waals surface area contributed by atoms with E-state index >= 15 is 0 Å². The first-order chi connectivity index (χ1) is 14.3. The molecule has 0 radical (unpaired) electrons. The number of rotatable bonds is 6. The Morgan fingerprint density at radius 3 is 2.50 bits per heavy atom. The van der Waals surface area contributed by atoms with E-state index in [1.165, 1.54) is 12.1 Å². The number of anilines is 1. The van der Waals surface area contributed by atoms with Gasteiger partial charge in [0.25, 0.3) is 11.6 Å². The number of nitrogens with zero attached hydrogens (tertiary/aromatic N) is 2. The maximum absolute atomic E-state index is 12.3. The van der Waals surface area contributed by atoms with Gasteiger partial charge in [-0.1, -0.05) is 41.9 Å². The first-order valence-corrected chi connectivity index (χ1v) is 9.17. The zero-order valence-electron chi connectivity index (χ0n) is 15.8. The fourth-order valence-electron chi connectivity index (χ4n) is 2.66.